The molecule has 0 bridgehead atoms. The molecule has 1 N–H and O–H groups in total. The lowest BCUT2D eigenvalue weighted by Crippen LogP contribution is -2.46. The highest BCUT2D eigenvalue weighted by Crippen LogP contribution is 2.26. The molecule has 1 aromatic rings. The molecule has 122 valence electrons. The largest absolute Gasteiger partial charge is 0.355 e. The molecule has 1 aliphatic heterocycles. The van der Waals surface area contributed by atoms with Crippen LogP contribution in [-0.4, -0.2) is 37.8 Å². The van der Waals surface area contributed by atoms with Crippen LogP contribution in [0.15, 0.2) is 29.2 Å². The lowest BCUT2D eigenvalue weighted by Gasteiger charge is -2.23. The first-order valence-electron chi connectivity index (χ1n) is 7.83. The SMILES string of the molecule is CCCCNC(=O)C1CCCN1S(=O)(=O)c1ccc(C)cc1. The molecule has 0 radical (unpaired) electrons. The third-order valence-corrected chi connectivity index (χ3v) is 5.89. The van der Waals surface area contributed by atoms with E-state index in [1.807, 2.05) is 6.92 Å². The van der Waals surface area contributed by atoms with Gasteiger partial charge >= 0.3 is 0 Å². The summed E-state index contributed by atoms with van der Waals surface area (Å²) in [6, 6.07) is 6.19. The van der Waals surface area contributed by atoms with E-state index in [1.54, 1.807) is 24.3 Å². The van der Waals surface area contributed by atoms with Crippen LogP contribution >= 0.6 is 0 Å². The lowest BCUT2D eigenvalue weighted by atomic mass is 10.2. The standard InChI is InChI=1S/C16H24N2O3S/c1-3-4-11-17-16(19)15-6-5-12-18(15)22(20,21)14-9-7-13(2)8-10-14/h7-10,15H,3-6,11-12H2,1-2H3,(H,17,19). The van der Waals surface area contributed by atoms with Gasteiger partial charge in [-0.3, -0.25) is 4.79 Å². The molecule has 0 spiro atoms. The van der Waals surface area contributed by atoms with Gasteiger partial charge in [-0.05, 0) is 38.3 Å². The van der Waals surface area contributed by atoms with Crippen LogP contribution in [0.25, 0.3) is 0 Å². The maximum Gasteiger partial charge on any atom is 0.243 e. The molecule has 1 unspecified atom stereocenters. The van der Waals surface area contributed by atoms with Crippen LogP contribution in [0, 0.1) is 6.92 Å². The second-order valence-electron chi connectivity index (χ2n) is 5.73. The molecule has 1 atom stereocenters. The normalized spacial score (nSPS) is 19.3. The Morgan fingerprint density at radius 1 is 1.32 bits per heavy atom. The van der Waals surface area contributed by atoms with Crippen LogP contribution in [0.4, 0.5) is 0 Å². The minimum absolute atomic E-state index is 0.179. The molecule has 1 aromatic carbocycles. The highest BCUT2D eigenvalue weighted by atomic mass is 32.2. The van der Waals surface area contributed by atoms with Gasteiger partial charge in [0, 0.05) is 13.1 Å². The molecular formula is C16H24N2O3S. The van der Waals surface area contributed by atoms with Gasteiger partial charge < -0.3 is 5.32 Å². The zero-order valence-electron chi connectivity index (χ0n) is 13.2. The van der Waals surface area contributed by atoms with Crippen LogP contribution in [0.2, 0.25) is 0 Å². The first-order chi connectivity index (χ1) is 10.5. The van der Waals surface area contributed by atoms with Crippen molar-refractivity contribution in [2.75, 3.05) is 13.1 Å². The Balaban J connectivity index is 2.15. The second-order valence-corrected chi connectivity index (χ2v) is 7.62. The number of amides is 1. The van der Waals surface area contributed by atoms with Gasteiger partial charge in [-0.15, -0.1) is 0 Å². The Hall–Kier alpha value is -1.40. The Kier molecular flexibility index (Phi) is 5.58. The number of carbonyl (C=O) groups is 1. The van der Waals surface area contributed by atoms with Crippen molar-refractivity contribution in [3.63, 3.8) is 0 Å². The number of rotatable bonds is 6. The van der Waals surface area contributed by atoms with Gasteiger partial charge in [-0.1, -0.05) is 31.0 Å². The van der Waals surface area contributed by atoms with E-state index in [1.165, 1.54) is 4.31 Å². The number of nitrogens with one attached hydrogen (secondary N) is 1. The molecule has 1 amide bonds. The summed E-state index contributed by atoms with van der Waals surface area (Å²) in [5.41, 5.74) is 1.01. The third kappa shape index (κ3) is 3.67. The van der Waals surface area contributed by atoms with Gasteiger partial charge in [0.2, 0.25) is 15.9 Å². The Morgan fingerprint density at radius 2 is 2.00 bits per heavy atom. The summed E-state index contributed by atoms with van der Waals surface area (Å²) in [5.74, 6) is -0.179. The molecule has 1 aliphatic rings. The van der Waals surface area contributed by atoms with E-state index in [0.29, 0.717) is 19.5 Å². The highest BCUT2D eigenvalue weighted by Gasteiger charge is 2.39. The highest BCUT2D eigenvalue weighted by molar-refractivity contribution is 7.89. The Labute approximate surface area is 132 Å². The van der Waals surface area contributed by atoms with Gasteiger partial charge in [0.05, 0.1) is 4.90 Å². The maximum atomic E-state index is 12.7. The molecular weight excluding hydrogens is 300 g/mol. The van der Waals surface area contributed by atoms with E-state index in [0.717, 1.165) is 24.8 Å². The van der Waals surface area contributed by atoms with Crippen molar-refractivity contribution < 1.29 is 13.2 Å². The summed E-state index contributed by atoms with van der Waals surface area (Å²) in [6.45, 7) is 4.97. The molecule has 1 saturated heterocycles. The quantitative estimate of drug-likeness (QED) is 0.815. The average Bonchev–Trinajstić information content (AvgIpc) is 2.98. The number of benzene rings is 1. The molecule has 6 heteroatoms. The van der Waals surface area contributed by atoms with Crippen molar-refractivity contribution in [1.82, 2.24) is 9.62 Å². The van der Waals surface area contributed by atoms with Crippen molar-refractivity contribution in [2.45, 2.75) is 50.5 Å². The summed E-state index contributed by atoms with van der Waals surface area (Å²) in [6.07, 6.45) is 3.21. The molecule has 22 heavy (non-hydrogen) atoms. The monoisotopic (exact) mass is 324 g/mol. The number of hydrogen-bond donors (Lipinski definition) is 1. The molecule has 1 fully saturated rings. The van der Waals surface area contributed by atoms with Gasteiger partial charge in [0.15, 0.2) is 0 Å². The third-order valence-electron chi connectivity index (χ3n) is 3.96. The topological polar surface area (TPSA) is 66.5 Å². The van der Waals surface area contributed by atoms with Gasteiger partial charge in [0.25, 0.3) is 0 Å². The van der Waals surface area contributed by atoms with Gasteiger partial charge in [0.1, 0.15) is 6.04 Å². The van der Waals surface area contributed by atoms with Crippen molar-refractivity contribution in [2.24, 2.45) is 0 Å². The number of carbonyl (C=O) groups excluding carboxylic acids is 1. The predicted octanol–water partition coefficient (Wildman–Crippen LogP) is 2.06. The van der Waals surface area contributed by atoms with Crippen LogP contribution in [-0.2, 0) is 14.8 Å². The van der Waals surface area contributed by atoms with Gasteiger partial charge in [-0.25, -0.2) is 8.42 Å². The van der Waals surface area contributed by atoms with Crippen molar-refractivity contribution >= 4 is 15.9 Å². The average molecular weight is 324 g/mol. The molecule has 0 aliphatic carbocycles. The predicted molar refractivity (Wildman–Crippen MR) is 86.0 cm³/mol. The summed E-state index contributed by atoms with van der Waals surface area (Å²) < 4.78 is 26.8. The summed E-state index contributed by atoms with van der Waals surface area (Å²) >= 11 is 0. The Bertz CT molecular complexity index is 611. The first kappa shape index (κ1) is 17.0. The maximum absolute atomic E-state index is 12.7. The fraction of sp³-hybridized carbons (Fsp3) is 0.562. The molecule has 0 saturated carbocycles. The van der Waals surface area contributed by atoms with E-state index < -0.39 is 16.1 Å². The van der Waals surface area contributed by atoms with E-state index in [-0.39, 0.29) is 10.8 Å². The lowest BCUT2D eigenvalue weighted by molar-refractivity contribution is -0.124. The zero-order valence-corrected chi connectivity index (χ0v) is 14.0. The van der Waals surface area contributed by atoms with Crippen molar-refractivity contribution in [1.29, 1.82) is 0 Å². The minimum Gasteiger partial charge on any atom is -0.355 e. The number of nitrogens with zero attached hydrogens (tertiary/aromatic N) is 1. The van der Waals surface area contributed by atoms with Crippen LogP contribution in [0.5, 0.6) is 0 Å². The van der Waals surface area contributed by atoms with Gasteiger partial charge in [-0.2, -0.15) is 4.31 Å². The van der Waals surface area contributed by atoms with Crippen molar-refractivity contribution in [3.8, 4) is 0 Å². The molecule has 2 rings (SSSR count). The van der Waals surface area contributed by atoms with E-state index in [2.05, 4.69) is 12.2 Å². The number of aryl methyl sites for hydroxylation is 1. The smallest absolute Gasteiger partial charge is 0.243 e. The fourth-order valence-electron chi connectivity index (χ4n) is 2.64. The van der Waals surface area contributed by atoms with Crippen LogP contribution in [0.3, 0.4) is 0 Å². The molecule has 5 nitrogen and oxygen atoms in total. The van der Waals surface area contributed by atoms with E-state index >= 15 is 0 Å². The summed E-state index contributed by atoms with van der Waals surface area (Å²) in [5, 5.41) is 2.84. The summed E-state index contributed by atoms with van der Waals surface area (Å²) in [7, 11) is -3.61. The van der Waals surface area contributed by atoms with Crippen LogP contribution < -0.4 is 5.32 Å². The number of hydrogen-bond acceptors (Lipinski definition) is 3. The van der Waals surface area contributed by atoms with Crippen molar-refractivity contribution in [3.05, 3.63) is 29.8 Å². The van der Waals surface area contributed by atoms with E-state index in [9.17, 15) is 13.2 Å². The summed E-state index contributed by atoms with van der Waals surface area (Å²) in [4.78, 5) is 12.5. The van der Waals surface area contributed by atoms with E-state index in [4.69, 9.17) is 0 Å². The second kappa shape index (κ2) is 7.24. The minimum atomic E-state index is -3.61. The number of sulfonamides is 1. The fourth-order valence-corrected chi connectivity index (χ4v) is 4.30. The number of unbranched alkanes of at least 4 members (excludes halogenated alkanes) is 1. The zero-order chi connectivity index (χ0) is 16.2. The molecule has 0 aromatic heterocycles. The van der Waals surface area contributed by atoms with Crippen LogP contribution in [0.1, 0.15) is 38.2 Å². The first-order valence-corrected chi connectivity index (χ1v) is 9.27. The Morgan fingerprint density at radius 3 is 2.64 bits per heavy atom. The molecule has 1 heterocycles.